The van der Waals surface area contributed by atoms with Crippen LogP contribution in [0.4, 0.5) is 0 Å². The number of hydrogen-bond acceptors (Lipinski definition) is 3. The quantitative estimate of drug-likeness (QED) is 0.577. The van der Waals surface area contributed by atoms with Crippen molar-refractivity contribution in [1.29, 1.82) is 0 Å². The van der Waals surface area contributed by atoms with Crippen molar-refractivity contribution in [2.45, 2.75) is 44.6 Å². The van der Waals surface area contributed by atoms with Gasteiger partial charge in [0.1, 0.15) is 6.04 Å². The van der Waals surface area contributed by atoms with E-state index in [1.54, 1.807) is 24.3 Å². The molecule has 1 heterocycles. The first-order valence-electron chi connectivity index (χ1n) is 10.9. The van der Waals surface area contributed by atoms with Gasteiger partial charge in [-0.2, -0.15) is 0 Å². The molecule has 6 nitrogen and oxygen atoms in total. The summed E-state index contributed by atoms with van der Waals surface area (Å²) in [5.41, 5.74) is 1.70. The molecule has 0 spiro atoms. The minimum atomic E-state index is -0.927. The highest BCUT2D eigenvalue weighted by Gasteiger charge is 2.25. The fourth-order valence-corrected chi connectivity index (χ4v) is 4.19. The molecule has 1 atom stereocenters. The third-order valence-electron chi connectivity index (χ3n) is 5.85. The van der Waals surface area contributed by atoms with Gasteiger partial charge >= 0.3 is 5.69 Å². The molecule has 1 aromatic heterocycles. The topological polar surface area (TPSA) is 84.0 Å². The number of para-hydroxylation sites is 1. The normalized spacial score (nSPS) is 14.8. The summed E-state index contributed by atoms with van der Waals surface area (Å²) in [6.07, 6.45) is 7.91. The summed E-state index contributed by atoms with van der Waals surface area (Å²) in [6, 6.07) is 15.4. The van der Waals surface area contributed by atoms with Crippen molar-refractivity contribution in [2.24, 2.45) is 0 Å². The molecule has 0 bridgehead atoms. The van der Waals surface area contributed by atoms with Crippen molar-refractivity contribution < 1.29 is 4.79 Å². The van der Waals surface area contributed by atoms with Gasteiger partial charge < -0.3 is 10.3 Å². The lowest BCUT2D eigenvalue weighted by molar-refractivity contribution is -0.124. The van der Waals surface area contributed by atoms with Crippen molar-refractivity contribution >= 4 is 16.8 Å². The third-order valence-corrected chi connectivity index (χ3v) is 5.85. The smallest absolute Gasteiger partial charge is 0.329 e. The van der Waals surface area contributed by atoms with E-state index < -0.39 is 17.3 Å². The van der Waals surface area contributed by atoms with Crippen LogP contribution in [0, 0.1) is 0 Å². The van der Waals surface area contributed by atoms with E-state index in [0.29, 0.717) is 17.4 Å². The van der Waals surface area contributed by atoms with E-state index >= 15 is 0 Å². The lowest BCUT2D eigenvalue weighted by Crippen LogP contribution is -2.45. The number of aromatic amines is 1. The summed E-state index contributed by atoms with van der Waals surface area (Å²) in [6.45, 7) is 0.496. The molecule has 6 heteroatoms. The Balaban J connectivity index is 1.64. The number of H-pyrrole nitrogens is 1. The van der Waals surface area contributed by atoms with Crippen LogP contribution in [0.5, 0.6) is 0 Å². The monoisotopic (exact) mass is 417 g/mol. The molecule has 0 unspecified atom stereocenters. The lowest BCUT2D eigenvalue weighted by Gasteiger charge is -2.20. The zero-order valence-electron chi connectivity index (χ0n) is 17.5. The number of nitrogens with zero attached hydrogens (tertiary/aromatic N) is 1. The largest absolute Gasteiger partial charge is 0.354 e. The molecule has 3 aromatic rings. The maximum absolute atomic E-state index is 13.2. The molecule has 1 aliphatic carbocycles. The Morgan fingerprint density at radius 2 is 1.81 bits per heavy atom. The van der Waals surface area contributed by atoms with Crippen LogP contribution in [-0.4, -0.2) is 22.0 Å². The number of nitrogens with one attached hydrogen (secondary N) is 2. The zero-order chi connectivity index (χ0) is 21.6. The molecule has 0 radical (unpaired) electrons. The second-order valence-corrected chi connectivity index (χ2v) is 8.01. The van der Waals surface area contributed by atoms with Crippen LogP contribution in [0.2, 0.25) is 0 Å². The van der Waals surface area contributed by atoms with E-state index in [-0.39, 0.29) is 12.3 Å². The van der Waals surface area contributed by atoms with Crippen LogP contribution in [0.25, 0.3) is 10.9 Å². The minimum Gasteiger partial charge on any atom is -0.354 e. The van der Waals surface area contributed by atoms with E-state index in [4.69, 9.17) is 0 Å². The molecule has 0 aliphatic heterocycles. The molecule has 1 aliphatic rings. The van der Waals surface area contributed by atoms with Crippen LogP contribution in [0.3, 0.4) is 0 Å². The molecule has 0 saturated heterocycles. The fourth-order valence-electron chi connectivity index (χ4n) is 4.19. The third kappa shape index (κ3) is 4.85. The van der Waals surface area contributed by atoms with Gasteiger partial charge in [0.15, 0.2) is 0 Å². The van der Waals surface area contributed by atoms with Gasteiger partial charge in [0, 0.05) is 13.0 Å². The highest BCUT2D eigenvalue weighted by Crippen LogP contribution is 2.20. The predicted molar refractivity (Wildman–Crippen MR) is 122 cm³/mol. The first kappa shape index (κ1) is 20.8. The molecular formula is C25H27N3O3. The maximum Gasteiger partial charge on any atom is 0.329 e. The highest BCUT2D eigenvalue weighted by molar-refractivity contribution is 5.82. The standard InChI is InChI=1S/C25H27N3O3/c29-23(26-16-15-18-9-3-1-4-10-18)22(17-19-11-5-2-6-12-19)28-24(30)20-13-7-8-14-21(20)27-25(28)31/h2,5-9,11-14,22H,1,3-4,10,15-17H2,(H,26,29)(H,27,31)/t22-/m1/s1. The number of amides is 1. The second-order valence-electron chi connectivity index (χ2n) is 8.01. The zero-order valence-corrected chi connectivity index (χ0v) is 17.5. The van der Waals surface area contributed by atoms with Gasteiger partial charge in [-0.25, -0.2) is 9.36 Å². The summed E-state index contributed by atoms with van der Waals surface area (Å²) < 4.78 is 1.06. The Hall–Kier alpha value is -3.41. The summed E-state index contributed by atoms with van der Waals surface area (Å²) in [7, 11) is 0. The number of carbonyl (C=O) groups is 1. The highest BCUT2D eigenvalue weighted by atomic mass is 16.2. The average molecular weight is 418 g/mol. The van der Waals surface area contributed by atoms with Crippen LogP contribution in [0.1, 0.15) is 43.7 Å². The molecule has 160 valence electrons. The Morgan fingerprint density at radius 3 is 2.58 bits per heavy atom. The van der Waals surface area contributed by atoms with Gasteiger partial charge in [-0.1, -0.05) is 54.1 Å². The van der Waals surface area contributed by atoms with Crippen LogP contribution >= 0.6 is 0 Å². The summed E-state index contributed by atoms with van der Waals surface area (Å²) in [5.74, 6) is -0.317. The summed E-state index contributed by atoms with van der Waals surface area (Å²) >= 11 is 0. The van der Waals surface area contributed by atoms with Crippen molar-refractivity contribution in [1.82, 2.24) is 14.9 Å². The van der Waals surface area contributed by atoms with E-state index in [9.17, 15) is 14.4 Å². The molecule has 4 rings (SSSR count). The Bertz CT molecular complexity index is 1210. The molecular weight excluding hydrogens is 390 g/mol. The number of carbonyl (C=O) groups excluding carboxylic acids is 1. The van der Waals surface area contributed by atoms with E-state index in [0.717, 1.165) is 29.4 Å². The first-order chi connectivity index (χ1) is 15.1. The molecule has 31 heavy (non-hydrogen) atoms. The van der Waals surface area contributed by atoms with Gasteiger partial charge in [-0.05, 0) is 49.8 Å². The van der Waals surface area contributed by atoms with Gasteiger partial charge in [0.25, 0.3) is 5.56 Å². The van der Waals surface area contributed by atoms with Gasteiger partial charge in [-0.3, -0.25) is 9.59 Å². The number of fused-ring (bicyclic) bond motifs is 1. The fraction of sp³-hybridized carbons (Fsp3) is 0.320. The molecule has 0 fully saturated rings. The molecule has 1 amide bonds. The van der Waals surface area contributed by atoms with E-state index in [2.05, 4.69) is 16.4 Å². The lowest BCUT2D eigenvalue weighted by atomic mass is 9.97. The first-order valence-corrected chi connectivity index (χ1v) is 10.9. The van der Waals surface area contributed by atoms with Crippen molar-refractivity contribution in [2.75, 3.05) is 6.54 Å². The molecule has 2 aromatic carbocycles. The van der Waals surface area contributed by atoms with Gasteiger partial charge in [-0.15, -0.1) is 0 Å². The summed E-state index contributed by atoms with van der Waals surface area (Å²) in [4.78, 5) is 41.9. The molecule has 0 saturated carbocycles. The van der Waals surface area contributed by atoms with Gasteiger partial charge in [0.2, 0.25) is 5.91 Å². The Labute approximate surface area is 180 Å². The average Bonchev–Trinajstić information content (AvgIpc) is 2.80. The van der Waals surface area contributed by atoms with Crippen LogP contribution in [-0.2, 0) is 11.2 Å². The molecule has 2 N–H and O–H groups in total. The van der Waals surface area contributed by atoms with Crippen molar-refractivity contribution in [3.63, 3.8) is 0 Å². The Kier molecular flexibility index (Phi) is 6.46. The van der Waals surface area contributed by atoms with Crippen LogP contribution < -0.4 is 16.6 Å². The second kappa shape index (κ2) is 9.60. The summed E-state index contributed by atoms with van der Waals surface area (Å²) in [5, 5.41) is 3.35. The number of hydrogen-bond donors (Lipinski definition) is 2. The number of benzene rings is 2. The van der Waals surface area contributed by atoms with E-state index in [1.165, 1.54) is 18.4 Å². The Morgan fingerprint density at radius 1 is 1.03 bits per heavy atom. The minimum absolute atomic E-state index is 0.261. The van der Waals surface area contributed by atoms with E-state index in [1.807, 2.05) is 30.3 Å². The SMILES string of the molecule is O=C(NCCC1=CCCCC1)[C@@H](Cc1ccccc1)n1c(=O)[nH]c2ccccc2c1=O. The number of aromatic nitrogens is 2. The van der Waals surface area contributed by atoms with Crippen molar-refractivity contribution in [3.05, 3.63) is 92.6 Å². The van der Waals surface area contributed by atoms with Crippen molar-refractivity contribution in [3.8, 4) is 0 Å². The van der Waals surface area contributed by atoms with Crippen LogP contribution in [0.15, 0.2) is 75.8 Å². The number of allylic oxidation sites excluding steroid dienone is 1. The van der Waals surface area contributed by atoms with Gasteiger partial charge in [0.05, 0.1) is 10.9 Å². The predicted octanol–water partition coefficient (Wildman–Crippen LogP) is 3.48. The number of rotatable bonds is 7. The maximum atomic E-state index is 13.2.